The van der Waals surface area contributed by atoms with Crippen molar-refractivity contribution in [1.82, 2.24) is 30.2 Å². The first-order chi connectivity index (χ1) is 17.2. The van der Waals surface area contributed by atoms with Crippen molar-refractivity contribution in [3.05, 3.63) is 59.5 Å². The molecule has 0 amide bonds. The van der Waals surface area contributed by atoms with Gasteiger partial charge in [-0.05, 0) is 67.3 Å². The number of pyridine rings is 2. The Kier molecular flexibility index (Phi) is 8.93. The summed E-state index contributed by atoms with van der Waals surface area (Å²) in [6.45, 7) is 6.41. The maximum absolute atomic E-state index is 4.97. The largest absolute Gasteiger partial charge is 0.233 e. The highest BCUT2D eigenvalue weighted by Gasteiger charge is 2.15. The van der Waals surface area contributed by atoms with Gasteiger partial charge in [0.25, 0.3) is 0 Å². The van der Waals surface area contributed by atoms with Gasteiger partial charge in [-0.3, -0.25) is 0 Å². The highest BCUT2D eigenvalue weighted by atomic mass is 15.6. The molecule has 0 radical (unpaired) electrons. The third-order valence-electron chi connectivity index (χ3n) is 6.78. The monoisotopic (exact) mass is 470 g/mol. The molecular weight excluding hydrogens is 432 g/mol. The van der Waals surface area contributed by atoms with Crippen LogP contribution in [0.2, 0.25) is 0 Å². The Morgan fingerprint density at radius 3 is 2.26 bits per heavy atom. The summed E-state index contributed by atoms with van der Waals surface area (Å²) in [5.74, 6) is 0. The smallest absolute Gasteiger partial charge is 0.162 e. The van der Waals surface area contributed by atoms with Crippen molar-refractivity contribution in [2.45, 2.75) is 91.4 Å². The van der Waals surface area contributed by atoms with E-state index in [0.29, 0.717) is 0 Å². The Balaban J connectivity index is 1.50. The third kappa shape index (κ3) is 6.50. The van der Waals surface area contributed by atoms with Crippen molar-refractivity contribution in [2.75, 3.05) is 0 Å². The molecule has 0 bridgehead atoms. The lowest BCUT2D eigenvalue weighted by Crippen LogP contribution is -2.06. The van der Waals surface area contributed by atoms with Gasteiger partial charge in [-0.15, -0.1) is 15.0 Å². The van der Waals surface area contributed by atoms with Gasteiger partial charge < -0.3 is 0 Å². The highest BCUT2D eigenvalue weighted by molar-refractivity contribution is 5.82. The van der Waals surface area contributed by atoms with E-state index in [1.54, 1.807) is 4.80 Å². The molecule has 0 saturated carbocycles. The van der Waals surface area contributed by atoms with Crippen molar-refractivity contribution in [3.8, 4) is 16.9 Å². The summed E-state index contributed by atoms with van der Waals surface area (Å²) in [5, 5.41) is 13.5. The van der Waals surface area contributed by atoms with E-state index in [2.05, 4.69) is 65.7 Å². The minimum Gasteiger partial charge on any atom is -0.233 e. The van der Waals surface area contributed by atoms with E-state index in [1.165, 1.54) is 75.2 Å². The second-order valence-corrected chi connectivity index (χ2v) is 9.61. The summed E-state index contributed by atoms with van der Waals surface area (Å²) in [6.07, 6.45) is 15.7. The maximum Gasteiger partial charge on any atom is 0.162 e. The van der Waals surface area contributed by atoms with Crippen LogP contribution < -0.4 is 0 Å². The van der Waals surface area contributed by atoms with Crippen LogP contribution in [0.3, 0.4) is 0 Å². The lowest BCUT2D eigenvalue weighted by atomic mass is 9.96. The van der Waals surface area contributed by atoms with E-state index >= 15 is 0 Å². The van der Waals surface area contributed by atoms with Crippen molar-refractivity contribution in [2.24, 2.45) is 0 Å². The molecule has 0 aliphatic heterocycles. The SMILES string of the molecule is CCCCCCCCCCCCc1c(-c2ccc3c(C)cc(C)nc3n2)cccc1-n1ncnn1. The zero-order valence-electron chi connectivity index (χ0n) is 21.5. The van der Waals surface area contributed by atoms with Gasteiger partial charge in [-0.1, -0.05) is 76.8 Å². The Labute approximate surface area is 209 Å². The number of nitrogens with zero attached hydrogens (tertiary/aromatic N) is 6. The van der Waals surface area contributed by atoms with Crippen LogP contribution in [0.1, 0.15) is 88.0 Å². The molecule has 0 fully saturated rings. The zero-order valence-corrected chi connectivity index (χ0v) is 21.5. The van der Waals surface area contributed by atoms with E-state index in [9.17, 15) is 0 Å². The third-order valence-corrected chi connectivity index (χ3v) is 6.78. The topological polar surface area (TPSA) is 69.4 Å². The van der Waals surface area contributed by atoms with Crippen molar-refractivity contribution in [1.29, 1.82) is 0 Å². The Morgan fingerprint density at radius 2 is 1.54 bits per heavy atom. The molecule has 4 rings (SSSR count). The number of hydrogen-bond donors (Lipinski definition) is 0. The standard InChI is InChI=1S/C29H38N6/c1-4-5-6-7-8-9-10-11-12-13-15-26-25(16-14-17-28(26)35-31-21-30-34-35)27-19-18-24-22(2)20-23(3)32-29(24)33-27/h14,16-21H,4-13,15H2,1-3H3. The maximum atomic E-state index is 4.97. The molecule has 0 saturated heterocycles. The predicted molar refractivity (Wildman–Crippen MR) is 143 cm³/mol. The molecule has 4 aromatic rings. The van der Waals surface area contributed by atoms with Gasteiger partial charge in [0.15, 0.2) is 12.0 Å². The molecule has 6 heteroatoms. The van der Waals surface area contributed by atoms with Crippen LogP contribution in [-0.4, -0.2) is 30.2 Å². The minimum atomic E-state index is 0.800. The summed E-state index contributed by atoms with van der Waals surface area (Å²) in [7, 11) is 0. The molecule has 3 heterocycles. The number of benzene rings is 1. The van der Waals surface area contributed by atoms with Crippen molar-refractivity contribution in [3.63, 3.8) is 0 Å². The van der Waals surface area contributed by atoms with Crippen molar-refractivity contribution < 1.29 is 0 Å². The average Bonchev–Trinajstić information content (AvgIpc) is 3.39. The van der Waals surface area contributed by atoms with Gasteiger partial charge >= 0.3 is 0 Å². The van der Waals surface area contributed by atoms with Crippen LogP contribution in [0.5, 0.6) is 0 Å². The second-order valence-electron chi connectivity index (χ2n) is 9.61. The number of hydrogen-bond acceptors (Lipinski definition) is 5. The first-order valence-corrected chi connectivity index (χ1v) is 13.3. The van der Waals surface area contributed by atoms with E-state index in [0.717, 1.165) is 46.5 Å². The molecule has 0 aliphatic rings. The summed E-state index contributed by atoms with van der Waals surface area (Å²) < 4.78 is 0. The van der Waals surface area contributed by atoms with E-state index < -0.39 is 0 Å². The molecule has 0 N–H and O–H groups in total. The quantitative estimate of drug-likeness (QED) is 0.191. The van der Waals surface area contributed by atoms with Crippen LogP contribution in [0, 0.1) is 13.8 Å². The van der Waals surface area contributed by atoms with Gasteiger partial charge in [0.05, 0.1) is 11.4 Å². The van der Waals surface area contributed by atoms with Crippen LogP contribution in [0.25, 0.3) is 28.0 Å². The van der Waals surface area contributed by atoms with Crippen LogP contribution in [0.4, 0.5) is 0 Å². The minimum absolute atomic E-state index is 0.800. The van der Waals surface area contributed by atoms with Crippen LogP contribution in [0.15, 0.2) is 42.7 Å². The number of aromatic nitrogens is 6. The highest BCUT2D eigenvalue weighted by Crippen LogP contribution is 2.30. The fourth-order valence-electron chi connectivity index (χ4n) is 4.91. The number of aryl methyl sites for hydroxylation is 2. The molecular formula is C29H38N6. The number of rotatable bonds is 13. The van der Waals surface area contributed by atoms with Gasteiger partial charge in [0, 0.05) is 16.6 Å². The molecule has 1 aromatic carbocycles. The summed E-state index contributed by atoms with van der Waals surface area (Å²) >= 11 is 0. The first-order valence-electron chi connectivity index (χ1n) is 13.3. The molecule has 3 aromatic heterocycles. The average molecular weight is 471 g/mol. The Bertz CT molecular complexity index is 1220. The second kappa shape index (κ2) is 12.5. The normalized spacial score (nSPS) is 11.4. The molecule has 0 atom stereocenters. The lowest BCUT2D eigenvalue weighted by Gasteiger charge is -2.14. The summed E-state index contributed by atoms with van der Waals surface area (Å²) in [6, 6.07) is 12.6. The first kappa shape index (κ1) is 25.0. The van der Waals surface area contributed by atoms with Gasteiger partial charge in [0.1, 0.15) is 0 Å². The summed E-state index contributed by atoms with van der Waals surface area (Å²) in [4.78, 5) is 11.3. The van der Waals surface area contributed by atoms with Crippen LogP contribution in [-0.2, 0) is 6.42 Å². The predicted octanol–water partition coefficient (Wildman–Crippen LogP) is 7.35. The molecule has 35 heavy (non-hydrogen) atoms. The molecule has 184 valence electrons. The van der Waals surface area contributed by atoms with Gasteiger partial charge in [-0.2, -0.15) is 0 Å². The lowest BCUT2D eigenvalue weighted by molar-refractivity contribution is 0.556. The number of fused-ring (bicyclic) bond motifs is 1. The van der Waals surface area contributed by atoms with Crippen LogP contribution >= 0.6 is 0 Å². The van der Waals surface area contributed by atoms with Gasteiger partial charge in [0.2, 0.25) is 0 Å². The molecule has 0 unspecified atom stereocenters. The Hall–Kier alpha value is -3.15. The Morgan fingerprint density at radius 1 is 0.800 bits per heavy atom. The van der Waals surface area contributed by atoms with Crippen molar-refractivity contribution >= 4 is 11.0 Å². The molecule has 0 spiro atoms. The number of tetrazole rings is 1. The zero-order chi connectivity index (χ0) is 24.5. The van der Waals surface area contributed by atoms with E-state index in [-0.39, 0.29) is 0 Å². The van der Waals surface area contributed by atoms with E-state index in [4.69, 9.17) is 9.97 Å². The van der Waals surface area contributed by atoms with Gasteiger partial charge in [-0.25, -0.2) is 9.97 Å². The fraction of sp³-hybridized carbons (Fsp3) is 0.483. The molecule has 0 aliphatic carbocycles. The summed E-state index contributed by atoms with van der Waals surface area (Å²) in [5.41, 5.74) is 7.27. The number of unbranched alkanes of at least 4 members (excludes halogenated alkanes) is 9. The van der Waals surface area contributed by atoms with E-state index in [1.807, 2.05) is 6.92 Å². The fourth-order valence-corrected chi connectivity index (χ4v) is 4.91. The molecule has 6 nitrogen and oxygen atoms in total.